The number of hydrogen-bond acceptors (Lipinski definition) is 7. The summed E-state index contributed by atoms with van der Waals surface area (Å²) in [6.45, 7) is 2.29. The minimum Gasteiger partial charge on any atom is -0.368 e. The van der Waals surface area contributed by atoms with E-state index in [4.69, 9.17) is 5.73 Å². The predicted molar refractivity (Wildman–Crippen MR) is 74.6 cm³/mol. The van der Waals surface area contributed by atoms with E-state index in [2.05, 4.69) is 29.6 Å². The second-order valence-electron chi connectivity index (χ2n) is 4.70. The number of nitrogens with two attached hydrogens (primary N) is 1. The highest BCUT2D eigenvalue weighted by Crippen LogP contribution is 2.17. The van der Waals surface area contributed by atoms with Crippen LogP contribution in [0.2, 0.25) is 0 Å². The van der Waals surface area contributed by atoms with Gasteiger partial charge in [-0.3, -0.25) is 0 Å². The van der Waals surface area contributed by atoms with Crippen molar-refractivity contribution in [2.24, 2.45) is 0 Å². The van der Waals surface area contributed by atoms with Crippen LogP contribution in [0.15, 0.2) is 30.9 Å². The van der Waals surface area contributed by atoms with E-state index in [-0.39, 0.29) is 5.95 Å². The number of nitrogens with zero attached hydrogens (tertiary/aromatic N) is 8. The summed E-state index contributed by atoms with van der Waals surface area (Å²) in [6, 6.07) is 1.80. The van der Waals surface area contributed by atoms with Gasteiger partial charge < -0.3 is 15.2 Å². The Morgan fingerprint density at radius 2 is 1.90 bits per heavy atom. The largest absolute Gasteiger partial charge is 0.368 e. The first-order chi connectivity index (χ1) is 10.3. The molecule has 1 aliphatic rings. The Bertz CT molecular complexity index is 761. The number of rotatable bonds is 2. The minimum absolute atomic E-state index is 0.180. The van der Waals surface area contributed by atoms with Gasteiger partial charge in [-0.25, -0.2) is 9.67 Å². The van der Waals surface area contributed by atoms with E-state index >= 15 is 0 Å². The molecule has 3 aromatic heterocycles. The van der Waals surface area contributed by atoms with Crippen molar-refractivity contribution in [3.8, 4) is 5.95 Å². The molecule has 4 rings (SSSR count). The summed E-state index contributed by atoms with van der Waals surface area (Å²) in [4.78, 5) is 19.1. The van der Waals surface area contributed by atoms with Crippen LogP contribution in [0.25, 0.3) is 5.95 Å². The van der Waals surface area contributed by atoms with Gasteiger partial charge in [-0.05, 0) is 6.07 Å². The normalized spacial score (nSPS) is 14.2. The highest BCUT2D eigenvalue weighted by atomic mass is 15.4. The van der Waals surface area contributed by atoms with Gasteiger partial charge in [0.1, 0.15) is 5.82 Å². The highest BCUT2D eigenvalue weighted by molar-refractivity contribution is 5.38. The maximum atomic E-state index is 5.80. The Hall–Kier alpha value is -2.97. The maximum absolute atomic E-state index is 5.80. The van der Waals surface area contributed by atoms with E-state index in [0.717, 1.165) is 18.9 Å². The molecule has 0 aliphatic carbocycles. The zero-order chi connectivity index (χ0) is 14.2. The zero-order valence-corrected chi connectivity index (χ0v) is 11.2. The van der Waals surface area contributed by atoms with Crippen LogP contribution < -0.4 is 10.6 Å². The van der Waals surface area contributed by atoms with E-state index in [0.29, 0.717) is 18.4 Å². The van der Waals surface area contributed by atoms with Crippen molar-refractivity contribution in [1.29, 1.82) is 0 Å². The average molecular weight is 283 g/mol. The molecule has 0 radical (unpaired) electrons. The lowest BCUT2D eigenvalue weighted by Gasteiger charge is -2.27. The number of anilines is 2. The molecule has 0 aromatic carbocycles. The smallest absolute Gasteiger partial charge is 0.257 e. The second kappa shape index (κ2) is 4.54. The summed E-state index contributed by atoms with van der Waals surface area (Å²) in [5.41, 5.74) is 5.80. The van der Waals surface area contributed by atoms with Crippen molar-refractivity contribution in [3.05, 3.63) is 36.7 Å². The summed E-state index contributed by atoms with van der Waals surface area (Å²) in [5.74, 6) is 2.12. The third kappa shape index (κ3) is 2.08. The van der Waals surface area contributed by atoms with E-state index in [1.165, 1.54) is 0 Å². The lowest BCUT2D eigenvalue weighted by molar-refractivity contribution is 0.550. The first-order valence-corrected chi connectivity index (χ1v) is 6.56. The standard InChI is InChI=1S/C12H13N9/c13-10-16-11(18-12(17-10)21-4-1-2-15-21)20-7-6-19-5-3-14-9(19)8-20/h1-5H,6-8H2,(H2,13,16,17,18). The molecule has 0 unspecified atom stereocenters. The molecule has 9 nitrogen and oxygen atoms in total. The fourth-order valence-corrected chi connectivity index (χ4v) is 2.34. The van der Waals surface area contributed by atoms with Gasteiger partial charge in [-0.2, -0.15) is 20.1 Å². The molecule has 1 aliphatic heterocycles. The van der Waals surface area contributed by atoms with E-state index in [9.17, 15) is 0 Å². The molecule has 0 amide bonds. The molecule has 2 N–H and O–H groups in total. The molecule has 0 atom stereocenters. The van der Waals surface area contributed by atoms with Gasteiger partial charge in [0.05, 0.1) is 6.54 Å². The van der Waals surface area contributed by atoms with E-state index in [1.54, 1.807) is 29.3 Å². The van der Waals surface area contributed by atoms with Crippen LogP contribution in [0.3, 0.4) is 0 Å². The summed E-state index contributed by atoms with van der Waals surface area (Å²) in [6.07, 6.45) is 7.21. The first kappa shape index (κ1) is 11.8. The molecule has 0 fully saturated rings. The fraction of sp³-hybridized carbons (Fsp3) is 0.250. The van der Waals surface area contributed by atoms with Crippen LogP contribution in [-0.4, -0.2) is 40.8 Å². The van der Waals surface area contributed by atoms with Crippen LogP contribution >= 0.6 is 0 Å². The van der Waals surface area contributed by atoms with E-state index in [1.807, 2.05) is 11.1 Å². The zero-order valence-electron chi connectivity index (χ0n) is 11.2. The van der Waals surface area contributed by atoms with Crippen molar-refractivity contribution >= 4 is 11.9 Å². The van der Waals surface area contributed by atoms with Gasteiger partial charge in [0.15, 0.2) is 0 Å². The number of imidazole rings is 1. The van der Waals surface area contributed by atoms with Crippen LogP contribution in [-0.2, 0) is 13.1 Å². The fourth-order valence-electron chi connectivity index (χ4n) is 2.34. The summed E-state index contributed by atoms with van der Waals surface area (Å²) in [7, 11) is 0. The Balaban J connectivity index is 1.70. The van der Waals surface area contributed by atoms with Crippen LogP contribution in [0.4, 0.5) is 11.9 Å². The van der Waals surface area contributed by atoms with Gasteiger partial charge in [0.25, 0.3) is 5.95 Å². The third-order valence-corrected chi connectivity index (χ3v) is 3.37. The molecule has 4 heterocycles. The second-order valence-corrected chi connectivity index (χ2v) is 4.70. The summed E-state index contributed by atoms with van der Waals surface area (Å²) in [5, 5.41) is 4.11. The number of aromatic nitrogens is 7. The molecule has 0 bridgehead atoms. The third-order valence-electron chi connectivity index (χ3n) is 3.37. The first-order valence-electron chi connectivity index (χ1n) is 6.56. The van der Waals surface area contributed by atoms with Gasteiger partial charge in [0.2, 0.25) is 11.9 Å². The van der Waals surface area contributed by atoms with Crippen molar-refractivity contribution in [1.82, 2.24) is 34.3 Å². The topological polar surface area (TPSA) is 104 Å². The SMILES string of the molecule is Nc1nc(N2CCn3ccnc3C2)nc(-n2cccn2)n1. The molecular formula is C12H13N9. The van der Waals surface area contributed by atoms with E-state index < -0.39 is 0 Å². The summed E-state index contributed by atoms with van der Waals surface area (Å²) >= 11 is 0. The predicted octanol–water partition coefficient (Wildman–Crippen LogP) is -0.144. The molecule has 9 heteroatoms. The molecule has 3 aromatic rings. The van der Waals surface area contributed by atoms with Gasteiger partial charge in [-0.1, -0.05) is 0 Å². The van der Waals surface area contributed by atoms with Crippen LogP contribution in [0.5, 0.6) is 0 Å². The van der Waals surface area contributed by atoms with Crippen molar-refractivity contribution in [2.75, 3.05) is 17.2 Å². The summed E-state index contributed by atoms with van der Waals surface area (Å²) < 4.78 is 3.68. The minimum atomic E-state index is 0.180. The molecule has 106 valence electrons. The Morgan fingerprint density at radius 1 is 1.00 bits per heavy atom. The number of nitrogen functional groups attached to an aromatic ring is 1. The van der Waals surface area contributed by atoms with Crippen molar-refractivity contribution in [3.63, 3.8) is 0 Å². The number of hydrogen-bond donors (Lipinski definition) is 1. The van der Waals surface area contributed by atoms with Crippen LogP contribution in [0.1, 0.15) is 5.82 Å². The van der Waals surface area contributed by atoms with Gasteiger partial charge in [-0.15, -0.1) is 0 Å². The maximum Gasteiger partial charge on any atom is 0.257 e. The molecule has 0 saturated heterocycles. The highest BCUT2D eigenvalue weighted by Gasteiger charge is 2.20. The number of fused-ring (bicyclic) bond motifs is 1. The van der Waals surface area contributed by atoms with Crippen molar-refractivity contribution < 1.29 is 0 Å². The molecule has 0 saturated carbocycles. The van der Waals surface area contributed by atoms with Gasteiger partial charge in [0, 0.05) is 37.9 Å². The Morgan fingerprint density at radius 3 is 2.76 bits per heavy atom. The lowest BCUT2D eigenvalue weighted by atomic mass is 10.4. The van der Waals surface area contributed by atoms with Crippen molar-refractivity contribution in [2.45, 2.75) is 13.1 Å². The Kier molecular flexibility index (Phi) is 2.56. The molecule has 0 spiro atoms. The quantitative estimate of drug-likeness (QED) is 0.697. The van der Waals surface area contributed by atoms with Crippen LogP contribution in [0, 0.1) is 0 Å². The monoisotopic (exact) mass is 283 g/mol. The molecular weight excluding hydrogens is 270 g/mol. The van der Waals surface area contributed by atoms with Gasteiger partial charge >= 0.3 is 0 Å². The average Bonchev–Trinajstić information content (AvgIpc) is 3.17. The lowest BCUT2D eigenvalue weighted by Crippen LogP contribution is -2.35. The molecule has 21 heavy (non-hydrogen) atoms. The Labute approximate surface area is 120 Å².